The maximum atomic E-state index is 11.2. The zero-order valence-electron chi connectivity index (χ0n) is 8.70. The van der Waals surface area contributed by atoms with Crippen molar-refractivity contribution < 1.29 is 14.6 Å². The number of carbonyl (C=O) groups excluding carboxylic acids is 1. The molecule has 0 rings (SSSR count). The summed E-state index contributed by atoms with van der Waals surface area (Å²) < 4.78 is 4.62. The van der Waals surface area contributed by atoms with E-state index in [4.69, 9.17) is 5.11 Å². The van der Waals surface area contributed by atoms with Crippen LogP contribution < -0.4 is 5.32 Å². The van der Waals surface area contributed by atoms with Gasteiger partial charge in [-0.15, -0.1) is 0 Å². The van der Waals surface area contributed by atoms with Gasteiger partial charge in [0.2, 0.25) is 0 Å². The number of methoxy groups -OCH3 is 1. The molecule has 4 heteroatoms. The smallest absolute Gasteiger partial charge is 0.323 e. The molecule has 0 spiro atoms. The lowest BCUT2D eigenvalue weighted by Gasteiger charge is -2.20. The summed E-state index contributed by atoms with van der Waals surface area (Å²) in [5.41, 5.74) is 0. The molecule has 0 heterocycles. The van der Waals surface area contributed by atoms with Crippen molar-refractivity contribution in [1.82, 2.24) is 5.32 Å². The molecule has 1 unspecified atom stereocenters. The summed E-state index contributed by atoms with van der Waals surface area (Å²) >= 11 is 0. The molecular formula is C9H19NO3. The van der Waals surface area contributed by atoms with E-state index in [0.29, 0.717) is 6.54 Å². The van der Waals surface area contributed by atoms with E-state index in [9.17, 15) is 4.79 Å². The Labute approximate surface area is 79.3 Å². The van der Waals surface area contributed by atoms with Crippen LogP contribution in [-0.2, 0) is 9.53 Å². The Morgan fingerprint density at radius 1 is 1.46 bits per heavy atom. The van der Waals surface area contributed by atoms with Gasteiger partial charge < -0.3 is 15.2 Å². The maximum absolute atomic E-state index is 11.2. The van der Waals surface area contributed by atoms with Crippen molar-refractivity contribution in [1.29, 1.82) is 0 Å². The number of nitrogens with one attached hydrogen (secondary N) is 1. The van der Waals surface area contributed by atoms with E-state index in [1.807, 2.05) is 13.8 Å². The zero-order chi connectivity index (χ0) is 10.4. The van der Waals surface area contributed by atoms with Crippen LogP contribution in [0.5, 0.6) is 0 Å². The number of rotatable bonds is 5. The third kappa shape index (κ3) is 4.85. The molecule has 0 aliphatic rings. The van der Waals surface area contributed by atoms with Crippen LogP contribution >= 0.6 is 0 Å². The summed E-state index contributed by atoms with van der Waals surface area (Å²) in [6.07, 6.45) is -0.453. The van der Waals surface area contributed by atoms with E-state index in [1.165, 1.54) is 7.11 Å². The summed E-state index contributed by atoms with van der Waals surface area (Å²) in [6.45, 7) is 5.92. The Bertz CT molecular complexity index is 157. The zero-order valence-corrected chi connectivity index (χ0v) is 8.70. The van der Waals surface area contributed by atoms with Gasteiger partial charge in [-0.1, -0.05) is 13.8 Å². The van der Waals surface area contributed by atoms with E-state index >= 15 is 0 Å². The SMILES string of the molecule is COC(=O)C(NC[C@H](C)O)C(C)C. The Morgan fingerprint density at radius 3 is 2.31 bits per heavy atom. The van der Waals surface area contributed by atoms with Crippen LogP contribution in [0.2, 0.25) is 0 Å². The Hall–Kier alpha value is -0.610. The van der Waals surface area contributed by atoms with Gasteiger partial charge in [-0.05, 0) is 12.8 Å². The minimum atomic E-state index is -0.453. The van der Waals surface area contributed by atoms with Gasteiger partial charge >= 0.3 is 5.97 Å². The number of ether oxygens (including phenoxy) is 1. The highest BCUT2D eigenvalue weighted by atomic mass is 16.5. The van der Waals surface area contributed by atoms with Gasteiger partial charge in [-0.2, -0.15) is 0 Å². The molecule has 0 amide bonds. The number of hydrogen-bond acceptors (Lipinski definition) is 4. The number of aliphatic hydroxyl groups excluding tert-OH is 1. The van der Waals surface area contributed by atoms with Crippen LogP contribution in [-0.4, -0.2) is 36.9 Å². The topological polar surface area (TPSA) is 58.6 Å². The fraction of sp³-hybridized carbons (Fsp3) is 0.889. The van der Waals surface area contributed by atoms with Crippen LogP contribution in [0.1, 0.15) is 20.8 Å². The first-order chi connectivity index (χ1) is 5.99. The molecule has 4 nitrogen and oxygen atoms in total. The first-order valence-corrected chi connectivity index (χ1v) is 4.48. The first-order valence-electron chi connectivity index (χ1n) is 4.48. The molecule has 0 aliphatic heterocycles. The molecule has 0 saturated carbocycles. The third-order valence-electron chi connectivity index (χ3n) is 1.75. The Kier molecular flexibility index (Phi) is 5.66. The van der Waals surface area contributed by atoms with Gasteiger partial charge in [0.1, 0.15) is 6.04 Å². The number of esters is 1. The summed E-state index contributed by atoms with van der Waals surface area (Å²) in [5.74, 6) is -0.123. The fourth-order valence-electron chi connectivity index (χ4n) is 1.02. The van der Waals surface area contributed by atoms with Gasteiger partial charge in [-0.3, -0.25) is 4.79 Å². The van der Waals surface area contributed by atoms with Crippen molar-refractivity contribution in [3.8, 4) is 0 Å². The molecule has 13 heavy (non-hydrogen) atoms. The lowest BCUT2D eigenvalue weighted by Crippen LogP contribution is -2.44. The second kappa shape index (κ2) is 5.94. The molecule has 0 aromatic carbocycles. The van der Waals surface area contributed by atoms with E-state index in [2.05, 4.69) is 10.1 Å². The molecule has 78 valence electrons. The normalized spacial score (nSPS) is 15.5. The number of aliphatic hydroxyl groups is 1. The van der Waals surface area contributed by atoms with Crippen molar-refractivity contribution in [2.45, 2.75) is 32.9 Å². The van der Waals surface area contributed by atoms with Crippen molar-refractivity contribution >= 4 is 5.97 Å². The molecule has 2 N–H and O–H groups in total. The molecule has 0 bridgehead atoms. The number of carbonyl (C=O) groups is 1. The van der Waals surface area contributed by atoms with E-state index < -0.39 is 6.10 Å². The van der Waals surface area contributed by atoms with Crippen LogP contribution in [0.15, 0.2) is 0 Å². The largest absolute Gasteiger partial charge is 0.468 e. The van der Waals surface area contributed by atoms with E-state index in [1.54, 1.807) is 6.92 Å². The predicted octanol–water partition coefficient (Wildman–Crippen LogP) is 0.154. The van der Waals surface area contributed by atoms with Gasteiger partial charge in [0.15, 0.2) is 0 Å². The van der Waals surface area contributed by atoms with Gasteiger partial charge in [0.25, 0.3) is 0 Å². The Morgan fingerprint density at radius 2 is 2.00 bits per heavy atom. The van der Waals surface area contributed by atoms with Crippen LogP contribution in [0.3, 0.4) is 0 Å². The second-order valence-electron chi connectivity index (χ2n) is 3.50. The molecular weight excluding hydrogens is 170 g/mol. The lowest BCUT2D eigenvalue weighted by atomic mass is 10.0. The lowest BCUT2D eigenvalue weighted by molar-refractivity contribution is -0.144. The van der Waals surface area contributed by atoms with Crippen molar-refractivity contribution in [3.63, 3.8) is 0 Å². The average molecular weight is 189 g/mol. The highest BCUT2D eigenvalue weighted by Gasteiger charge is 2.22. The minimum Gasteiger partial charge on any atom is -0.468 e. The summed E-state index contributed by atoms with van der Waals surface area (Å²) in [4.78, 5) is 11.2. The van der Waals surface area contributed by atoms with Gasteiger partial charge in [-0.25, -0.2) is 0 Å². The molecule has 2 atom stereocenters. The monoisotopic (exact) mass is 189 g/mol. The molecule has 0 aliphatic carbocycles. The quantitative estimate of drug-likeness (QED) is 0.605. The molecule has 0 aromatic rings. The molecule has 0 radical (unpaired) electrons. The average Bonchev–Trinajstić information content (AvgIpc) is 2.03. The molecule has 0 fully saturated rings. The summed E-state index contributed by atoms with van der Waals surface area (Å²) in [5, 5.41) is 12.0. The highest BCUT2D eigenvalue weighted by Crippen LogP contribution is 2.03. The van der Waals surface area contributed by atoms with Crippen molar-refractivity contribution in [2.24, 2.45) is 5.92 Å². The van der Waals surface area contributed by atoms with Crippen LogP contribution in [0.4, 0.5) is 0 Å². The van der Waals surface area contributed by atoms with E-state index in [-0.39, 0.29) is 17.9 Å². The predicted molar refractivity (Wildman–Crippen MR) is 50.3 cm³/mol. The molecule has 0 aromatic heterocycles. The van der Waals surface area contributed by atoms with Crippen molar-refractivity contribution in [2.75, 3.05) is 13.7 Å². The fourth-order valence-corrected chi connectivity index (χ4v) is 1.02. The van der Waals surface area contributed by atoms with Crippen LogP contribution in [0.25, 0.3) is 0 Å². The summed E-state index contributed by atoms with van der Waals surface area (Å²) in [6, 6.07) is -0.334. The van der Waals surface area contributed by atoms with Gasteiger partial charge in [0.05, 0.1) is 13.2 Å². The molecule has 0 saturated heterocycles. The maximum Gasteiger partial charge on any atom is 0.323 e. The van der Waals surface area contributed by atoms with Crippen molar-refractivity contribution in [3.05, 3.63) is 0 Å². The standard InChI is InChI=1S/C9H19NO3/c1-6(2)8(9(12)13-4)10-5-7(3)11/h6-8,10-11H,5H2,1-4H3/t7-,8?/m0/s1. The highest BCUT2D eigenvalue weighted by molar-refractivity contribution is 5.75. The van der Waals surface area contributed by atoms with Crippen LogP contribution in [0, 0.1) is 5.92 Å². The number of hydrogen-bond donors (Lipinski definition) is 2. The Balaban J connectivity index is 4.03. The van der Waals surface area contributed by atoms with E-state index in [0.717, 1.165) is 0 Å². The summed E-state index contributed by atoms with van der Waals surface area (Å²) in [7, 11) is 1.36. The minimum absolute atomic E-state index is 0.159. The van der Waals surface area contributed by atoms with Gasteiger partial charge in [0, 0.05) is 6.54 Å². The second-order valence-corrected chi connectivity index (χ2v) is 3.50. The third-order valence-corrected chi connectivity index (χ3v) is 1.75. The first kappa shape index (κ1) is 12.4.